The van der Waals surface area contributed by atoms with E-state index in [-0.39, 0.29) is 11.8 Å². The molecule has 0 saturated carbocycles. The standard InChI is InChI=1S/C4H4N2O2/c7-3-1-5-4(8)2-6-3/h1-2H,(H,5,8)(H,6,7). The number of nitrogens with zero attached hydrogens (tertiary/aromatic N) is 2. The summed E-state index contributed by atoms with van der Waals surface area (Å²) in [5, 5.41) is 16.9. The van der Waals surface area contributed by atoms with E-state index >= 15 is 0 Å². The molecule has 8 heavy (non-hydrogen) atoms. The lowest BCUT2D eigenvalue weighted by Gasteiger charge is -1.86. The van der Waals surface area contributed by atoms with Gasteiger partial charge in [-0.05, 0) is 0 Å². The predicted molar refractivity (Wildman–Crippen MR) is 25.4 cm³/mol. The molecule has 4 nitrogen and oxygen atoms in total. The minimum atomic E-state index is -0.192. The van der Waals surface area contributed by atoms with E-state index in [1.54, 1.807) is 0 Å². The Morgan fingerprint density at radius 3 is 1.62 bits per heavy atom. The van der Waals surface area contributed by atoms with Crippen molar-refractivity contribution < 1.29 is 10.2 Å². The molecule has 0 fully saturated rings. The number of rotatable bonds is 0. The summed E-state index contributed by atoms with van der Waals surface area (Å²) in [6, 6.07) is 0. The zero-order valence-corrected chi connectivity index (χ0v) is 3.94. The topological polar surface area (TPSA) is 66.2 Å². The molecular weight excluding hydrogens is 108 g/mol. The molecule has 1 aromatic heterocycles. The second-order valence-corrected chi connectivity index (χ2v) is 1.23. The third kappa shape index (κ3) is 0.841. The van der Waals surface area contributed by atoms with E-state index in [1.165, 1.54) is 0 Å². The fraction of sp³-hybridized carbons (Fsp3) is 0. The first-order valence-electron chi connectivity index (χ1n) is 1.99. The Bertz CT molecular complexity index is 151. The average Bonchev–Trinajstić information content (AvgIpc) is 1.77. The van der Waals surface area contributed by atoms with E-state index in [0.29, 0.717) is 0 Å². The van der Waals surface area contributed by atoms with Gasteiger partial charge in [-0.3, -0.25) is 0 Å². The third-order valence-corrected chi connectivity index (χ3v) is 0.625. The van der Waals surface area contributed by atoms with Crippen LogP contribution in [0.5, 0.6) is 11.8 Å². The van der Waals surface area contributed by atoms with Crippen molar-refractivity contribution in [2.75, 3.05) is 0 Å². The summed E-state index contributed by atoms with van der Waals surface area (Å²) in [6.07, 6.45) is 2.13. The van der Waals surface area contributed by atoms with Gasteiger partial charge in [0.1, 0.15) is 0 Å². The maximum absolute atomic E-state index is 8.47. The lowest BCUT2D eigenvalue weighted by atomic mass is 10.7. The van der Waals surface area contributed by atoms with E-state index in [1.807, 2.05) is 0 Å². The molecule has 0 aliphatic rings. The van der Waals surface area contributed by atoms with Gasteiger partial charge in [0.15, 0.2) is 0 Å². The van der Waals surface area contributed by atoms with Gasteiger partial charge in [-0.15, -0.1) is 0 Å². The van der Waals surface area contributed by atoms with Gasteiger partial charge in [0, 0.05) is 0 Å². The van der Waals surface area contributed by atoms with Crippen molar-refractivity contribution in [3.8, 4) is 11.8 Å². The zero-order chi connectivity index (χ0) is 5.98. The van der Waals surface area contributed by atoms with Crippen LogP contribution in [0.15, 0.2) is 12.4 Å². The molecule has 0 saturated heterocycles. The van der Waals surface area contributed by atoms with Gasteiger partial charge in [-0.1, -0.05) is 0 Å². The summed E-state index contributed by atoms with van der Waals surface area (Å²) < 4.78 is 0. The molecule has 0 atom stereocenters. The Hall–Kier alpha value is -1.32. The number of hydrogen-bond acceptors (Lipinski definition) is 4. The van der Waals surface area contributed by atoms with Gasteiger partial charge in [0.25, 0.3) is 0 Å². The average molecular weight is 112 g/mol. The van der Waals surface area contributed by atoms with Crippen LogP contribution in [0.2, 0.25) is 0 Å². The summed E-state index contributed by atoms with van der Waals surface area (Å²) in [6.45, 7) is 0. The van der Waals surface area contributed by atoms with E-state index in [9.17, 15) is 0 Å². The van der Waals surface area contributed by atoms with Crippen molar-refractivity contribution >= 4 is 0 Å². The van der Waals surface area contributed by atoms with Crippen molar-refractivity contribution in [2.24, 2.45) is 0 Å². The number of hydrogen-bond donors (Lipinski definition) is 2. The molecule has 0 radical (unpaired) electrons. The van der Waals surface area contributed by atoms with Crippen LogP contribution in [-0.2, 0) is 0 Å². The molecule has 0 aliphatic heterocycles. The molecule has 1 aromatic rings. The fourth-order valence-electron chi connectivity index (χ4n) is 0.314. The van der Waals surface area contributed by atoms with Crippen molar-refractivity contribution in [1.82, 2.24) is 9.97 Å². The summed E-state index contributed by atoms with van der Waals surface area (Å²) >= 11 is 0. The maximum Gasteiger partial charge on any atom is 0.230 e. The first-order chi connectivity index (χ1) is 3.79. The third-order valence-electron chi connectivity index (χ3n) is 0.625. The van der Waals surface area contributed by atoms with Crippen molar-refractivity contribution in [3.05, 3.63) is 12.4 Å². The summed E-state index contributed by atoms with van der Waals surface area (Å²) in [5.74, 6) is -0.384. The Labute approximate surface area is 45.5 Å². The molecular formula is C4H4N2O2. The molecule has 1 heterocycles. The predicted octanol–water partition coefficient (Wildman–Crippen LogP) is -0.112. The summed E-state index contributed by atoms with van der Waals surface area (Å²) in [5.41, 5.74) is 0. The maximum atomic E-state index is 8.47. The molecule has 1 rings (SSSR count). The van der Waals surface area contributed by atoms with Crippen LogP contribution in [0.1, 0.15) is 0 Å². The van der Waals surface area contributed by atoms with Crippen molar-refractivity contribution in [3.63, 3.8) is 0 Å². The minimum absolute atomic E-state index is 0.192. The van der Waals surface area contributed by atoms with Gasteiger partial charge in [-0.25, -0.2) is 9.97 Å². The molecule has 0 unspecified atom stereocenters. The smallest absolute Gasteiger partial charge is 0.230 e. The first-order valence-corrected chi connectivity index (χ1v) is 1.99. The highest BCUT2D eigenvalue weighted by Gasteiger charge is 1.87. The van der Waals surface area contributed by atoms with Gasteiger partial charge >= 0.3 is 0 Å². The molecule has 0 aromatic carbocycles. The van der Waals surface area contributed by atoms with E-state index < -0.39 is 0 Å². The molecule has 0 bridgehead atoms. The van der Waals surface area contributed by atoms with Gasteiger partial charge in [-0.2, -0.15) is 0 Å². The quantitative estimate of drug-likeness (QED) is 0.491. The Kier molecular flexibility index (Phi) is 0.997. The zero-order valence-electron chi connectivity index (χ0n) is 3.94. The Morgan fingerprint density at radius 1 is 1.00 bits per heavy atom. The molecule has 42 valence electrons. The Morgan fingerprint density at radius 2 is 1.38 bits per heavy atom. The van der Waals surface area contributed by atoms with E-state index in [2.05, 4.69) is 9.97 Å². The molecule has 0 amide bonds. The lowest BCUT2D eigenvalue weighted by Crippen LogP contribution is -1.75. The summed E-state index contributed by atoms with van der Waals surface area (Å²) in [7, 11) is 0. The van der Waals surface area contributed by atoms with Gasteiger partial charge in [0.05, 0.1) is 12.4 Å². The molecule has 4 heteroatoms. The Balaban J connectivity index is 3.03. The van der Waals surface area contributed by atoms with E-state index in [4.69, 9.17) is 10.2 Å². The van der Waals surface area contributed by atoms with E-state index in [0.717, 1.165) is 12.4 Å². The molecule has 2 N–H and O–H groups in total. The minimum Gasteiger partial charge on any atom is -0.492 e. The van der Waals surface area contributed by atoms with Crippen LogP contribution in [0.4, 0.5) is 0 Å². The van der Waals surface area contributed by atoms with Crippen LogP contribution in [0, 0.1) is 0 Å². The second kappa shape index (κ2) is 1.65. The van der Waals surface area contributed by atoms with Crippen molar-refractivity contribution in [2.45, 2.75) is 0 Å². The van der Waals surface area contributed by atoms with Crippen LogP contribution < -0.4 is 0 Å². The van der Waals surface area contributed by atoms with Crippen molar-refractivity contribution in [1.29, 1.82) is 0 Å². The highest BCUT2D eigenvalue weighted by Crippen LogP contribution is 2.03. The second-order valence-electron chi connectivity index (χ2n) is 1.23. The van der Waals surface area contributed by atoms with Crippen LogP contribution >= 0.6 is 0 Å². The number of aromatic hydroxyl groups is 2. The van der Waals surface area contributed by atoms with Gasteiger partial charge in [0.2, 0.25) is 11.8 Å². The summed E-state index contributed by atoms with van der Waals surface area (Å²) in [4.78, 5) is 6.64. The SMILES string of the molecule is Oc1cnc(O)cn1. The fourth-order valence-corrected chi connectivity index (χ4v) is 0.314. The molecule has 0 aliphatic carbocycles. The highest BCUT2D eigenvalue weighted by molar-refractivity contribution is 5.07. The largest absolute Gasteiger partial charge is 0.492 e. The number of aromatic nitrogens is 2. The lowest BCUT2D eigenvalue weighted by molar-refractivity contribution is 0.424. The molecule has 0 spiro atoms. The van der Waals surface area contributed by atoms with Crippen LogP contribution in [-0.4, -0.2) is 20.2 Å². The van der Waals surface area contributed by atoms with Crippen LogP contribution in [0.25, 0.3) is 0 Å². The normalized spacial score (nSPS) is 9.00. The van der Waals surface area contributed by atoms with Crippen LogP contribution in [0.3, 0.4) is 0 Å². The van der Waals surface area contributed by atoms with Gasteiger partial charge < -0.3 is 10.2 Å². The monoisotopic (exact) mass is 112 g/mol. The highest BCUT2D eigenvalue weighted by atomic mass is 16.3. The first kappa shape index (κ1) is 4.83.